The number of amides is 1. The predicted molar refractivity (Wildman–Crippen MR) is 104 cm³/mol. The van der Waals surface area contributed by atoms with Crippen molar-refractivity contribution >= 4 is 17.2 Å². The number of aryl methyl sites for hydroxylation is 1. The van der Waals surface area contributed by atoms with E-state index >= 15 is 0 Å². The fraction of sp³-hybridized carbons (Fsp3) is 0.350. The fourth-order valence-electron chi connectivity index (χ4n) is 3.82. The number of carbonyl (C=O) groups excluding carboxylic acids is 1. The lowest BCUT2D eigenvalue weighted by Crippen LogP contribution is -2.54. The summed E-state index contributed by atoms with van der Waals surface area (Å²) >= 11 is 0. The van der Waals surface area contributed by atoms with Crippen LogP contribution in [0.2, 0.25) is 0 Å². The molecule has 8 heteroatoms. The highest BCUT2D eigenvalue weighted by Gasteiger charge is 2.29. The molecule has 1 saturated heterocycles. The van der Waals surface area contributed by atoms with Crippen molar-refractivity contribution in [2.24, 2.45) is 0 Å². The van der Waals surface area contributed by atoms with Crippen molar-refractivity contribution in [1.29, 1.82) is 0 Å². The summed E-state index contributed by atoms with van der Waals surface area (Å²) in [5.74, 6) is -0.377. The van der Waals surface area contributed by atoms with E-state index < -0.39 is 0 Å². The molecule has 7 nitrogen and oxygen atoms in total. The minimum absolute atomic E-state index is 0.00364. The van der Waals surface area contributed by atoms with E-state index in [2.05, 4.69) is 10.1 Å². The summed E-state index contributed by atoms with van der Waals surface area (Å²) < 4.78 is 15.4. The number of carbonyl (C=O) groups is 1. The van der Waals surface area contributed by atoms with Crippen LogP contribution in [0, 0.1) is 12.7 Å². The normalized spacial score (nSPS) is 17.3. The predicted octanol–water partition coefficient (Wildman–Crippen LogP) is 1.75. The van der Waals surface area contributed by atoms with E-state index in [4.69, 9.17) is 0 Å². The van der Waals surface area contributed by atoms with Crippen LogP contribution >= 0.6 is 0 Å². The first-order valence-corrected chi connectivity index (χ1v) is 9.30. The number of hydrogen-bond acceptors (Lipinski definition) is 4. The molecule has 1 N–H and O–H groups in total. The van der Waals surface area contributed by atoms with Crippen molar-refractivity contribution in [3.63, 3.8) is 0 Å². The summed E-state index contributed by atoms with van der Waals surface area (Å²) in [4.78, 5) is 33.7. The Kier molecular flexibility index (Phi) is 4.62. The average Bonchev–Trinajstić information content (AvgIpc) is 3.13. The lowest BCUT2D eigenvalue weighted by Gasteiger charge is -2.41. The van der Waals surface area contributed by atoms with Crippen molar-refractivity contribution in [2.45, 2.75) is 26.3 Å². The van der Waals surface area contributed by atoms with Crippen LogP contribution in [0.15, 0.2) is 41.3 Å². The van der Waals surface area contributed by atoms with E-state index in [1.165, 1.54) is 10.6 Å². The zero-order valence-electron chi connectivity index (χ0n) is 15.9. The van der Waals surface area contributed by atoms with Crippen LogP contribution in [0.4, 0.5) is 10.1 Å². The smallest absolute Gasteiger partial charge is 0.276 e. The summed E-state index contributed by atoms with van der Waals surface area (Å²) in [5.41, 5.74) is 1.80. The number of benzene rings is 1. The Hall–Kier alpha value is -3.16. The van der Waals surface area contributed by atoms with Gasteiger partial charge in [-0.3, -0.25) is 14.7 Å². The van der Waals surface area contributed by atoms with Crippen LogP contribution in [0.1, 0.15) is 18.2 Å². The number of hydrogen-bond donors (Lipinski definition) is 1. The third-order valence-corrected chi connectivity index (χ3v) is 5.31. The Morgan fingerprint density at radius 1 is 1.29 bits per heavy atom. The third kappa shape index (κ3) is 3.15. The van der Waals surface area contributed by atoms with Crippen molar-refractivity contribution in [1.82, 2.24) is 19.5 Å². The van der Waals surface area contributed by atoms with E-state index in [0.29, 0.717) is 42.2 Å². The molecule has 1 unspecified atom stereocenters. The van der Waals surface area contributed by atoms with Crippen molar-refractivity contribution < 1.29 is 9.18 Å². The maximum atomic E-state index is 14.1. The maximum Gasteiger partial charge on any atom is 0.276 e. The zero-order valence-corrected chi connectivity index (χ0v) is 15.9. The molecule has 3 heterocycles. The van der Waals surface area contributed by atoms with Crippen LogP contribution in [-0.2, 0) is 11.2 Å². The van der Waals surface area contributed by atoms with Gasteiger partial charge in [-0.15, -0.1) is 0 Å². The first kappa shape index (κ1) is 18.2. The van der Waals surface area contributed by atoms with E-state index in [0.717, 1.165) is 0 Å². The van der Waals surface area contributed by atoms with Gasteiger partial charge in [-0.05, 0) is 26.0 Å². The van der Waals surface area contributed by atoms with Gasteiger partial charge in [0.05, 0.1) is 12.1 Å². The molecule has 1 aromatic carbocycles. The molecule has 146 valence electrons. The molecular formula is C20H22FN5O2. The van der Waals surface area contributed by atoms with E-state index in [-0.39, 0.29) is 29.7 Å². The lowest BCUT2D eigenvalue weighted by molar-refractivity contribution is -0.132. The molecule has 0 spiro atoms. The molecule has 0 bridgehead atoms. The van der Waals surface area contributed by atoms with Gasteiger partial charge in [0.15, 0.2) is 5.65 Å². The van der Waals surface area contributed by atoms with E-state index in [1.54, 1.807) is 42.3 Å². The third-order valence-electron chi connectivity index (χ3n) is 5.31. The van der Waals surface area contributed by atoms with Gasteiger partial charge in [0.1, 0.15) is 5.82 Å². The first-order valence-electron chi connectivity index (χ1n) is 9.30. The number of nitrogens with one attached hydrogen (secondary N) is 1. The van der Waals surface area contributed by atoms with Gasteiger partial charge >= 0.3 is 0 Å². The molecule has 1 amide bonds. The highest BCUT2D eigenvalue weighted by molar-refractivity contribution is 5.79. The second kappa shape index (κ2) is 7.10. The first-order chi connectivity index (χ1) is 13.5. The summed E-state index contributed by atoms with van der Waals surface area (Å²) in [6, 6.07) is 8.28. The van der Waals surface area contributed by atoms with Crippen LogP contribution in [0.5, 0.6) is 0 Å². The maximum absolute atomic E-state index is 14.1. The minimum Gasteiger partial charge on any atom is -0.365 e. The summed E-state index contributed by atoms with van der Waals surface area (Å²) in [7, 11) is 0. The number of para-hydroxylation sites is 1. The lowest BCUT2D eigenvalue weighted by atomic mass is 10.1. The van der Waals surface area contributed by atoms with Gasteiger partial charge in [-0.1, -0.05) is 12.1 Å². The number of H-pyrrole nitrogens is 1. The number of piperazine rings is 1. The standard InChI is InChI=1S/C20H22FN5O2/c1-13-12-24(17-6-4-3-5-16(17)21)9-10-25(13)19(27)11-15-14(2)23-18-7-8-22-26(18)20(15)28/h3-8,13,22H,9-12H2,1-2H3. The average molecular weight is 383 g/mol. The highest BCUT2D eigenvalue weighted by atomic mass is 19.1. The number of halogens is 1. The zero-order chi connectivity index (χ0) is 19.8. The molecular weight excluding hydrogens is 361 g/mol. The number of aromatic nitrogens is 3. The number of anilines is 1. The number of nitrogens with zero attached hydrogens (tertiary/aromatic N) is 4. The molecule has 4 rings (SSSR count). The van der Waals surface area contributed by atoms with Gasteiger partial charge in [0.2, 0.25) is 5.91 Å². The molecule has 1 atom stereocenters. The Balaban J connectivity index is 1.51. The molecule has 0 aliphatic carbocycles. The molecule has 1 aliphatic rings. The van der Waals surface area contributed by atoms with Crippen molar-refractivity contribution in [3.05, 3.63) is 64.0 Å². The van der Waals surface area contributed by atoms with Gasteiger partial charge in [0.25, 0.3) is 5.56 Å². The van der Waals surface area contributed by atoms with Crippen LogP contribution in [0.3, 0.4) is 0 Å². The van der Waals surface area contributed by atoms with Gasteiger partial charge in [-0.25, -0.2) is 13.9 Å². The Bertz CT molecular complexity index is 1090. The van der Waals surface area contributed by atoms with Crippen LogP contribution < -0.4 is 10.5 Å². The van der Waals surface area contributed by atoms with Gasteiger partial charge < -0.3 is 9.80 Å². The molecule has 28 heavy (non-hydrogen) atoms. The Labute approximate surface area is 161 Å². The number of fused-ring (bicyclic) bond motifs is 1. The second-order valence-corrected chi connectivity index (χ2v) is 7.15. The molecule has 0 saturated carbocycles. The monoisotopic (exact) mass is 383 g/mol. The largest absolute Gasteiger partial charge is 0.365 e. The van der Waals surface area contributed by atoms with Gasteiger partial charge in [-0.2, -0.15) is 0 Å². The second-order valence-electron chi connectivity index (χ2n) is 7.15. The van der Waals surface area contributed by atoms with E-state index in [9.17, 15) is 14.0 Å². The molecule has 1 fully saturated rings. The van der Waals surface area contributed by atoms with Crippen LogP contribution in [0.25, 0.3) is 5.65 Å². The fourth-order valence-corrected chi connectivity index (χ4v) is 3.82. The quantitative estimate of drug-likeness (QED) is 0.748. The summed E-state index contributed by atoms with van der Waals surface area (Å²) in [6.45, 7) is 5.25. The summed E-state index contributed by atoms with van der Waals surface area (Å²) in [6.07, 6.45) is 1.64. The number of rotatable bonds is 3. The summed E-state index contributed by atoms with van der Waals surface area (Å²) in [5, 5.41) is 2.82. The van der Waals surface area contributed by atoms with Crippen LogP contribution in [-0.4, -0.2) is 51.1 Å². The Morgan fingerprint density at radius 2 is 2.07 bits per heavy atom. The minimum atomic E-state index is -0.261. The van der Waals surface area contributed by atoms with Crippen molar-refractivity contribution in [2.75, 3.05) is 24.5 Å². The topological polar surface area (TPSA) is 73.7 Å². The van der Waals surface area contributed by atoms with Crippen molar-refractivity contribution in [3.8, 4) is 0 Å². The Morgan fingerprint density at radius 3 is 2.82 bits per heavy atom. The molecule has 3 aromatic rings. The SMILES string of the molecule is Cc1nc2cc[nH]n2c(=O)c1CC(=O)N1CCN(c2ccccc2F)CC1C. The number of aromatic amines is 1. The molecule has 0 radical (unpaired) electrons. The highest BCUT2D eigenvalue weighted by Crippen LogP contribution is 2.22. The molecule has 2 aromatic heterocycles. The molecule has 1 aliphatic heterocycles. The van der Waals surface area contributed by atoms with E-state index in [1.807, 2.05) is 11.8 Å². The van der Waals surface area contributed by atoms with Gasteiger partial charge in [0, 0.05) is 49.2 Å².